The summed E-state index contributed by atoms with van der Waals surface area (Å²) in [7, 11) is 6.64. The predicted octanol–water partition coefficient (Wildman–Crippen LogP) is 6.10. The molecule has 0 radical (unpaired) electrons. The molecule has 0 spiro atoms. The first kappa shape index (κ1) is 32.0. The van der Waals surface area contributed by atoms with Crippen molar-refractivity contribution in [1.82, 2.24) is 29.1 Å². The Morgan fingerprint density at radius 1 is 0.627 bits per heavy atom. The monoisotopic (exact) mass is 848 g/mol. The third-order valence-corrected chi connectivity index (χ3v) is 15.3. The molecule has 0 N–H and O–H groups in total. The summed E-state index contributed by atoms with van der Waals surface area (Å²) in [4.78, 5) is 17.9. The van der Waals surface area contributed by atoms with Crippen LogP contribution >= 0.6 is 0 Å². The fourth-order valence-corrected chi connectivity index (χ4v) is 12.1. The van der Waals surface area contributed by atoms with Gasteiger partial charge in [0.2, 0.25) is 0 Å². The van der Waals surface area contributed by atoms with Gasteiger partial charge in [0.25, 0.3) is 0 Å². The SMILES string of the molecule is Cc1cccc(C)c1B1N(C)c2ccc3cc2-c2nc(cn21)[C@](C)(c1ccccc1)N1C=CN(C)[C]1=[Ir]=[C]1N(C)C=CN1C3(C)c1ccccc1. The topological polar surface area (TPSA) is 34.0 Å². The summed E-state index contributed by atoms with van der Waals surface area (Å²) in [6.07, 6.45) is 11.4. The average molecular weight is 848 g/mol. The van der Waals surface area contributed by atoms with Gasteiger partial charge >= 0.3 is 310 Å². The number of benzene rings is 4. The summed E-state index contributed by atoms with van der Waals surface area (Å²) >= 11 is -0.901. The molecular weight excluding hydrogens is 806 g/mol. The number of nitrogens with zero attached hydrogens (tertiary/aromatic N) is 7. The molecule has 7 nitrogen and oxygen atoms in total. The standard InChI is InChI=1S/C42H42BN7.Ir/c1-31-15-14-16-32(2)39(31)43-47(7)37-22-21-35(41(3,33-17-10-8-11-18-33)48-25-23-45(5)29-48)27-36(37)40-44-38(28-50(40)43)42(4,34-19-12-9-13-20-34)49-26-24-46(6)30-49;/h8-28H,1-7H3;/t41?,42-;/m0./s1. The summed E-state index contributed by atoms with van der Waals surface area (Å²) in [5.74, 6) is 0.997. The Hall–Kier alpha value is -4.98. The van der Waals surface area contributed by atoms with Crippen LogP contribution in [0.25, 0.3) is 11.4 Å². The van der Waals surface area contributed by atoms with E-state index < -0.39 is 27.9 Å². The minimum atomic E-state index is -0.901. The third-order valence-electron chi connectivity index (χ3n) is 11.4. The fourth-order valence-electron chi connectivity index (χ4n) is 8.42. The second kappa shape index (κ2) is 11.5. The van der Waals surface area contributed by atoms with Crippen molar-refractivity contribution >= 4 is 26.7 Å². The van der Waals surface area contributed by atoms with Gasteiger partial charge in [0.15, 0.2) is 0 Å². The molecule has 51 heavy (non-hydrogen) atoms. The summed E-state index contributed by atoms with van der Waals surface area (Å²) in [5.41, 5.74) is 9.86. The zero-order valence-corrected chi connectivity index (χ0v) is 32.6. The Bertz CT molecular complexity index is 2320. The second-order valence-corrected chi connectivity index (χ2v) is 17.1. The van der Waals surface area contributed by atoms with Gasteiger partial charge in [-0.2, -0.15) is 0 Å². The van der Waals surface area contributed by atoms with Gasteiger partial charge in [-0.05, 0) is 0 Å². The minimum absolute atomic E-state index is 0.0574. The molecule has 9 rings (SSSR count). The van der Waals surface area contributed by atoms with Crippen LogP contribution in [0.5, 0.6) is 0 Å². The molecule has 0 saturated heterocycles. The summed E-state index contributed by atoms with van der Waals surface area (Å²) < 4.78 is 5.10. The van der Waals surface area contributed by atoms with Crippen LogP contribution in [-0.2, 0) is 27.9 Å². The number of hydrogen-bond acceptors (Lipinski definition) is 6. The number of aryl methyl sites for hydroxylation is 2. The molecule has 5 aromatic rings. The Morgan fingerprint density at radius 2 is 1.20 bits per heavy atom. The van der Waals surface area contributed by atoms with E-state index in [9.17, 15) is 0 Å². The van der Waals surface area contributed by atoms with Gasteiger partial charge in [-0.3, -0.25) is 0 Å². The van der Waals surface area contributed by atoms with Crippen molar-refractivity contribution in [3.8, 4) is 11.4 Å². The van der Waals surface area contributed by atoms with Crippen LogP contribution in [-0.4, -0.2) is 65.7 Å². The van der Waals surface area contributed by atoms with E-state index >= 15 is 0 Å². The van der Waals surface area contributed by atoms with Crippen molar-refractivity contribution in [2.24, 2.45) is 0 Å². The van der Waals surface area contributed by atoms with Gasteiger partial charge < -0.3 is 0 Å². The molecule has 4 aliphatic heterocycles. The molecule has 4 aromatic carbocycles. The Balaban J connectivity index is 1.43. The zero-order valence-electron chi connectivity index (χ0n) is 30.2. The van der Waals surface area contributed by atoms with Crippen molar-refractivity contribution in [2.75, 3.05) is 26.0 Å². The molecule has 0 fully saturated rings. The second-order valence-electron chi connectivity index (χ2n) is 14.4. The first-order valence-corrected chi connectivity index (χ1v) is 19.9. The molecule has 1 unspecified atom stereocenters. The number of rotatable bonds is 3. The Labute approximate surface area is 308 Å². The molecular formula is C42H42BIrN7. The number of aromatic nitrogens is 2. The van der Waals surface area contributed by atoms with Crippen LogP contribution in [0.2, 0.25) is 0 Å². The molecule has 1 aromatic heterocycles. The first-order valence-electron chi connectivity index (χ1n) is 17.5. The van der Waals surface area contributed by atoms with Gasteiger partial charge in [0.05, 0.1) is 0 Å². The van der Waals surface area contributed by atoms with Crippen LogP contribution in [0, 0.1) is 13.8 Å². The van der Waals surface area contributed by atoms with E-state index in [1.54, 1.807) is 0 Å². The summed E-state index contributed by atoms with van der Waals surface area (Å²) in [6.45, 7) is 9.16. The van der Waals surface area contributed by atoms with Gasteiger partial charge in [0, 0.05) is 0 Å². The molecule has 0 saturated carbocycles. The van der Waals surface area contributed by atoms with E-state index in [1.807, 2.05) is 0 Å². The number of fused-ring (bicyclic) bond motifs is 4. The van der Waals surface area contributed by atoms with Crippen LogP contribution in [0.1, 0.15) is 47.4 Å². The molecule has 257 valence electrons. The molecule has 2 atom stereocenters. The van der Waals surface area contributed by atoms with Crippen LogP contribution in [0.3, 0.4) is 0 Å². The number of anilines is 1. The number of hydrogen-bond donors (Lipinski definition) is 0. The van der Waals surface area contributed by atoms with E-state index in [1.165, 1.54) is 47.5 Å². The van der Waals surface area contributed by atoms with Gasteiger partial charge in [-0.15, -0.1) is 0 Å². The first-order chi connectivity index (χ1) is 24.6. The molecule has 4 bridgehead atoms. The average Bonchev–Trinajstić information content (AvgIpc) is 3.87. The molecule has 4 aliphatic rings. The zero-order chi connectivity index (χ0) is 35.2. The summed E-state index contributed by atoms with van der Waals surface area (Å²) in [5, 5.41) is 0. The van der Waals surface area contributed by atoms with E-state index in [0.717, 1.165) is 17.1 Å². The van der Waals surface area contributed by atoms with Crippen molar-refractivity contribution < 1.29 is 16.8 Å². The van der Waals surface area contributed by atoms with Crippen LogP contribution in [0.4, 0.5) is 5.69 Å². The summed E-state index contributed by atoms with van der Waals surface area (Å²) in [6, 6.07) is 35.7. The van der Waals surface area contributed by atoms with Gasteiger partial charge in [-0.1, -0.05) is 0 Å². The van der Waals surface area contributed by atoms with Crippen LogP contribution < -0.4 is 10.3 Å². The third kappa shape index (κ3) is 4.50. The van der Waals surface area contributed by atoms with E-state index in [2.05, 4.69) is 206 Å². The maximum atomic E-state index is 5.75. The number of imidazole rings is 1. The van der Waals surface area contributed by atoms with Crippen molar-refractivity contribution in [3.63, 3.8) is 0 Å². The van der Waals surface area contributed by atoms with E-state index in [0.29, 0.717) is 0 Å². The van der Waals surface area contributed by atoms with Gasteiger partial charge in [0.1, 0.15) is 0 Å². The van der Waals surface area contributed by atoms with E-state index in [4.69, 9.17) is 4.98 Å². The van der Waals surface area contributed by atoms with E-state index in [-0.39, 0.29) is 6.98 Å². The molecule has 0 aliphatic carbocycles. The van der Waals surface area contributed by atoms with Crippen LogP contribution in [0.15, 0.2) is 128 Å². The quantitative estimate of drug-likeness (QED) is 0.205. The molecule has 5 heterocycles. The fraction of sp³-hybridized carbons (Fsp3) is 0.214. The van der Waals surface area contributed by atoms with Gasteiger partial charge in [-0.25, -0.2) is 0 Å². The van der Waals surface area contributed by atoms with Crippen molar-refractivity contribution in [2.45, 2.75) is 38.8 Å². The Morgan fingerprint density at radius 3 is 1.80 bits per heavy atom. The predicted molar refractivity (Wildman–Crippen MR) is 206 cm³/mol. The van der Waals surface area contributed by atoms with Crippen molar-refractivity contribution in [1.29, 1.82) is 0 Å². The molecule has 9 heteroatoms. The Kier molecular flexibility index (Phi) is 7.22. The maximum absolute atomic E-state index is 5.75. The normalized spacial score (nSPS) is 22.0. The van der Waals surface area contributed by atoms with Crippen molar-refractivity contribution in [3.05, 3.63) is 162 Å². The molecule has 0 amide bonds.